The SMILES string of the molecule is CC(N)c1ccc2c(=O)o[nH]c2c1. The summed E-state index contributed by atoms with van der Waals surface area (Å²) in [4.78, 5) is 11.0. The zero-order valence-corrected chi connectivity index (χ0v) is 7.20. The number of aromatic amines is 1. The van der Waals surface area contributed by atoms with Crippen molar-refractivity contribution in [2.24, 2.45) is 5.73 Å². The second kappa shape index (κ2) is 2.74. The molecule has 0 saturated heterocycles. The van der Waals surface area contributed by atoms with Crippen molar-refractivity contribution in [1.82, 2.24) is 5.16 Å². The largest absolute Gasteiger partial charge is 0.365 e. The van der Waals surface area contributed by atoms with Crippen LogP contribution in [0.1, 0.15) is 18.5 Å². The first-order chi connectivity index (χ1) is 6.18. The molecule has 3 N–H and O–H groups in total. The maximum absolute atomic E-state index is 11.0. The number of hydrogen-bond donors (Lipinski definition) is 2. The summed E-state index contributed by atoms with van der Waals surface area (Å²) >= 11 is 0. The molecule has 1 atom stereocenters. The number of hydrogen-bond acceptors (Lipinski definition) is 3. The van der Waals surface area contributed by atoms with Gasteiger partial charge in [-0.1, -0.05) is 6.07 Å². The van der Waals surface area contributed by atoms with Gasteiger partial charge in [0.25, 0.3) is 0 Å². The van der Waals surface area contributed by atoms with Crippen molar-refractivity contribution in [2.45, 2.75) is 13.0 Å². The van der Waals surface area contributed by atoms with E-state index < -0.39 is 0 Å². The summed E-state index contributed by atoms with van der Waals surface area (Å²) in [5.74, 6) is 0. The number of nitrogens with two attached hydrogens (primary N) is 1. The number of H-pyrrole nitrogens is 1. The Morgan fingerprint density at radius 1 is 1.54 bits per heavy atom. The van der Waals surface area contributed by atoms with E-state index in [0.717, 1.165) is 5.56 Å². The van der Waals surface area contributed by atoms with E-state index in [1.165, 1.54) is 0 Å². The molecule has 0 saturated carbocycles. The van der Waals surface area contributed by atoms with E-state index >= 15 is 0 Å². The highest BCUT2D eigenvalue weighted by molar-refractivity contribution is 5.77. The zero-order chi connectivity index (χ0) is 9.42. The number of rotatable bonds is 1. The van der Waals surface area contributed by atoms with Gasteiger partial charge >= 0.3 is 5.63 Å². The molecule has 1 heterocycles. The quantitative estimate of drug-likeness (QED) is 0.687. The first-order valence-corrected chi connectivity index (χ1v) is 4.05. The highest BCUT2D eigenvalue weighted by atomic mass is 16.5. The van der Waals surface area contributed by atoms with Crippen LogP contribution in [0.3, 0.4) is 0 Å². The van der Waals surface area contributed by atoms with E-state index in [0.29, 0.717) is 10.9 Å². The molecule has 2 rings (SSSR count). The van der Waals surface area contributed by atoms with E-state index in [1.54, 1.807) is 6.07 Å². The van der Waals surface area contributed by atoms with Crippen molar-refractivity contribution in [3.8, 4) is 0 Å². The van der Waals surface area contributed by atoms with E-state index in [-0.39, 0.29) is 11.7 Å². The molecule has 13 heavy (non-hydrogen) atoms. The lowest BCUT2D eigenvalue weighted by atomic mass is 10.1. The van der Waals surface area contributed by atoms with E-state index in [2.05, 4.69) is 9.68 Å². The van der Waals surface area contributed by atoms with Crippen molar-refractivity contribution in [1.29, 1.82) is 0 Å². The Morgan fingerprint density at radius 3 is 3.00 bits per heavy atom. The van der Waals surface area contributed by atoms with Gasteiger partial charge in [-0.3, -0.25) is 0 Å². The molecule has 0 aliphatic carbocycles. The van der Waals surface area contributed by atoms with E-state index in [9.17, 15) is 4.79 Å². The average molecular weight is 178 g/mol. The standard InChI is InChI=1S/C9H10N2O2/c1-5(10)6-2-3-7-8(4-6)11-13-9(7)12/h2-5,11H,10H2,1H3. The maximum atomic E-state index is 11.0. The lowest BCUT2D eigenvalue weighted by Gasteiger charge is -2.03. The monoisotopic (exact) mass is 178 g/mol. The third-order valence-electron chi connectivity index (χ3n) is 2.04. The molecule has 2 aromatic rings. The summed E-state index contributed by atoms with van der Waals surface area (Å²) in [5, 5.41) is 3.10. The van der Waals surface area contributed by atoms with Gasteiger partial charge < -0.3 is 10.3 Å². The minimum atomic E-state index is -0.341. The summed E-state index contributed by atoms with van der Waals surface area (Å²) < 4.78 is 4.63. The molecule has 0 radical (unpaired) electrons. The van der Waals surface area contributed by atoms with Gasteiger partial charge in [0.2, 0.25) is 0 Å². The van der Waals surface area contributed by atoms with E-state index in [4.69, 9.17) is 5.73 Å². The second-order valence-electron chi connectivity index (χ2n) is 3.09. The molecular weight excluding hydrogens is 168 g/mol. The average Bonchev–Trinajstić information content (AvgIpc) is 2.47. The molecule has 0 spiro atoms. The van der Waals surface area contributed by atoms with Crippen LogP contribution in [0, 0.1) is 0 Å². The fourth-order valence-electron chi connectivity index (χ4n) is 1.26. The summed E-state index contributed by atoms with van der Waals surface area (Å²) in [6, 6.07) is 5.33. The van der Waals surface area contributed by atoms with Gasteiger partial charge in [-0.05, 0) is 24.6 Å². The summed E-state index contributed by atoms with van der Waals surface area (Å²) in [5.41, 5.74) is 7.02. The maximum Gasteiger partial charge on any atom is 0.365 e. The van der Waals surface area contributed by atoms with Crippen LogP contribution in [0.2, 0.25) is 0 Å². The third kappa shape index (κ3) is 1.25. The molecular formula is C9H10N2O2. The third-order valence-corrected chi connectivity index (χ3v) is 2.04. The van der Waals surface area contributed by atoms with Crippen LogP contribution in [-0.4, -0.2) is 5.16 Å². The smallest absolute Gasteiger partial charge is 0.338 e. The fraction of sp³-hybridized carbons (Fsp3) is 0.222. The number of fused-ring (bicyclic) bond motifs is 1. The Labute approximate surface area is 74.3 Å². The topological polar surface area (TPSA) is 72.0 Å². The molecule has 0 amide bonds. The number of benzene rings is 1. The van der Waals surface area contributed by atoms with Gasteiger partial charge in [0.15, 0.2) is 0 Å². The predicted octanol–water partition coefficient (Wildman–Crippen LogP) is 1.14. The Balaban J connectivity index is 2.70. The van der Waals surface area contributed by atoms with Crippen molar-refractivity contribution in [3.05, 3.63) is 34.2 Å². The second-order valence-corrected chi connectivity index (χ2v) is 3.09. The van der Waals surface area contributed by atoms with Crippen molar-refractivity contribution in [3.63, 3.8) is 0 Å². The van der Waals surface area contributed by atoms with Crippen LogP contribution in [0.4, 0.5) is 0 Å². The molecule has 0 fully saturated rings. The Morgan fingerprint density at radius 2 is 2.31 bits per heavy atom. The Kier molecular flexibility index (Phi) is 1.70. The van der Waals surface area contributed by atoms with Gasteiger partial charge in [0.1, 0.15) is 0 Å². The molecule has 0 aliphatic heterocycles. The minimum absolute atomic E-state index is 0.0391. The lowest BCUT2D eigenvalue weighted by molar-refractivity contribution is 0.400. The van der Waals surface area contributed by atoms with Crippen LogP contribution in [0.15, 0.2) is 27.5 Å². The van der Waals surface area contributed by atoms with Crippen LogP contribution in [0.5, 0.6) is 0 Å². The predicted molar refractivity (Wildman–Crippen MR) is 49.4 cm³/mol. The highest BCUT2D eigenvalue weighted by Gasteiger charge is 2.05. The molecule has 1 aromatic carbocycles. The van der Waals surface area contributed by atoms with Crippen LogP contribution in [-0.2, 0) is 0 Å². The summed E-state index contributed by atoms with van der Waals surface area (Å²) in [6.45, 7) is 1.89. The summed E-state index contributed by atoms with van der Waals surface area (Å²) in [7, 11) is 0. The van der Waals surface area contributed by atoms with Gasteiger partial charge in [-0.15, -0.1) is 0 Å². The van der Waals surface area contributed by atoms with Gasteiger partial charge in [-0.2, -0.15) is 0 Å². The number of nitrogens with one attached hydrogen (secondary N) is 1. The van der Waals surface area contributed by atoms with E-state index in [1.807, 2.05) is 19.1 Å². The van der Waals surface area contributed by atoms with Gasteiger partial charge in [-0.25, -0.2) is 9.95 Å². The zero-order valence-electron chi connectivity index (χ0n) is 7.20. The summed E-state index contributed by atoms with van der Waals surface area (Å²) in [6.07, 6.45) is 0. The minimum Gasteiger partial charge on any atom is -0.338 e. The van der Waals surface area contributed by atoms with Crippen LogP contribution in [0.25, 0.3) is 10.9 Å². The molecule has 1 aromatic heterocycles. The van der Waals surface area contributed by atoms with Gasteiger partial charge in [0, 0.05) is 6.04 Å². The van der Waals surface area contributed by atoms with Crippen molar-refractivity contribution in [2.75, 3.05) is 0 Å². The van der Waals surface area contributed by atoms with Crippen molar-refractivity contribution < 1.29 is 4.52 Å². The molecule has 0 bridgehead atoms. The van der Waals surface area contributed by atoms with Crippen molar-refractivity contribution >= 4 is 10.9 Å². The molecule has 1 unspecified atom stereocenters. The number of aromatic nitrogens is 1. The van der Waals surface area contributed by atoms with Crippen LogP contribution >= 0.6 is 0 Å². The van der Waals surface area contributed by atoms with Crippen LogP contribution < -0.4 is 11.4 Å². The molecule has 4 heteroatoms. The first-order valence-electron chi connectivity index (χ1n) is 4.05. The Hall–Kier alpha value is -1.55. The first kappa shape index (κ1) is 8.07. The normalized spacial score (nSPS) is 13.4. The molecule has 4 nitrogen and oxygen atoms in total. The van der Waals surface area contributed by atoms with Gasteiger partial charge in [0.05, 0.1) is 10.9 Å². The molecule has 0 aliphatic rings. The lowest BCUT2D eigenvalue weighted by Crippen LogP contribution is -2.04. The highest BCUT2D eigenvalue weighted by Crippen LogP contribution is 2.14. The fourth-order valence-corrected chi connectivity index (χ4v) is 1.26. The molecule has 68 valence electrons. The Bertz CT molecular complexity index is 482.